The van der Waals surface area contributed by atoms with Gasteiger partial charge in [0.1, 0.15) is 0 Å². The van der Waals surface area contributed by atoms with Gasteiger partial charge in [0, 0.05) is 31.0 Å². The quantitative estimate of drug-likeness (QED) is 0.689. The highest BCUT2D eigenvalue weighted by Crippen LogP contribution is 2.31. The molecular weight excluding hydrogens is 328 g/mol. The zero-order valence-electron chi connectivity index (χ0n) is 14.0. The Hall–Kier alpha value is -2.51. The molecule has 0 radical (unpaired) electrons. The Bertz CT molecular complexity index is 644. The highest BCUT2D eigenvalue weighted by Gasteiger charge is 2.40. The van der Waals surface area contributed by atoms with Crippen molar-refractivity contribution >= 4 is 29.6 Å². The molecule has 0 bridgehead atoms. The van der Waals surface area contributed by atoms with Gasteiger partial charge in [-0.05, 0) is 31.6 Å². The van der Waals surface area contributed by atoms with Crippen molar-refractivity contribution in [3.8, 4) is 0 Å². The van der Waals surface area contributed by atoms with Gasteiger partial charge in [0.15, 0.2) is 0 Å². The molecule has 2 aliphatic heterocycles. The molecule has 0 aromatic heterocycles. The van der Waals surface area contributed by atoms with Crippen LogP contribution in [0.25, 0.3) is 0 Å². The molecule has 134 valence electrons. The van der Waals surface area contributed by atoms with Crippen LogP contribution >= 0.6 is 0 Å². The lowest BCUT2D eigenvalue weighted by Gasteiger charge is -2.29. The Kier molecular flexibility index (Phi) is 4.69. The van der Waals surface area contributed by atoms with Crippen molar-refractivity contribution in [3.63, 3.8) is 0 Å². The Morgan fingerprint density at radius 2 is 1.68 bits per heavy atom. The lowest BCUT2D eigenvalue weighted by molar-refractivity contribution is -0.202. The fourth-order valence-electron chi connectivity index (χ4n) is 3.47. The first kappa shape index (κ1) is 17.3. The SMILES string of the molecule is CC1CC(=O)N(OC(=O)C2CCC(CN3C(=O)C=CC3=O)CC2)C1=O. The maximum Gasteiger partial charge on any atom is 0.336 e. The number of hydroxylamine groups is 2. The van der Waals surface area contributed by atoms with E-state index in [1.54, 1.807) is 6.92 Å². The van der Waals surface area contributed by atoms with Gasteiger partial charge < -0.3 is 4.84 Å². The molecule has 0 aromatic rings. The largest absolute Gasteiger partial charge is 0.336 e. The number of amides is 4. The molecule has 8 nitrogen and oxygen atoms in total. The van der Waals surface area contributed by atoms with E-state index < -0.39 is 23.7 Å². The number of imide groups is 2. The van der Waals surface area contributed by atoms with Gasteiger partial charge in [-0.15, -0.1) is 5.06 Å². The summed E-state index contributed by atoms with van der Waals surface area (Å²) in [5, 5.41) is 0.590. The maximum atomic E-state index is 12.2. The van der Waals surface area contributed by atoms with Crippen LogP contribution in [-0.4, -0.2) is 46.1 Å². The van der Waals surface area contributed by atoms with E-state index >= 15 is 0 Å². The Labute approximate surface area is 144 Å². The lowest BCUT2D eigenvalue weighted by Crippen LogP contribution is -2.38. The molecule has 1 unspecified atom stereocenters. The third-order valence-corrected chi connectivity index (χ3v) is 5.03. The van der Waals surface area contributed by atoms with Crippen LogP contribution in [0.5, 0.6) is 0 Å². The normalized spacial score (nSPS) is 29.7. The molecule has 1 aliphatic carbocycles. The number of rotatable bonds is 4. The van der Waals surface area contributed by atoms with Crippen molar-refractivity contribution in [2.75, 3.05) is 6.54 Å². The Morgan fingerprint density at radius 3 is 2.20 bits per heavy atom. The predicted octanol–water partition coefficient (Wildman–Crippen LogP) is 0.571. The van der Waals surface area contributed by atoms with Crippen LogP contribution in [0, 0.1) is 17.8 Å². The third kappa shape index (κ3) is 3.47. The fourth-order valence-corrected chi connectivity index (χ4v) is 3.47. The first-order valence-corrected chi connectivity index (χ1v) is 8.49. The summed E-state index contributed by atoms with van der Waals surface area (Å²) in [5.41, 5.74) is 0. The summed E-state index contributed by atoms with van der Waals surface area (Å²) in [6.07, 6.45) is 5.01. The van der Waals surface area contributed by atoms with Gasteiger partial charge in [-0.25, -0.2) is 4.79 Å². The molecule has 2 heterocycles. The Balaban J connectivity index is 1.48. The monoisotopic (exact) mass is 348 g/mol. The number of carbonyl (C=O) groups is 5. The van der Waals surface area contributed by atoms with Crippen molar-refractivity contribution in [1.29, 1.82) is 0 Å². The number of hydrogen-bond donors (Lipinski definition) is 0. The first-order valence-electron chi connectivity index (χ1n) is 8.49. The van der Waals surface area contributed by atoms with Gasteiger partial charge in [-0.3, -0.25) is 24.1 Å². The lowest BCUT2D eigenvalue weighted by atomic mass is 9.82. The first-order chi connectivity index (χ1) is 11.9. The number of carbonyl (C=O) groups excluding carboxylic acids is 5. The van der Waals surface area contributed by atoms with Crippen molar-refractivity contribution in [2.24, 2.45) is 17.8 Å². The second kappa shape index (κ2) is 6.78. The second-order valence-electron chi connectivity index (χ2n) is 6.88. The molecule has 0 N–H and O–H groups in total. The average molecular weight is 348 g/mol. The molecule has 2 fully saturated rings. The summed E-state index contributed by atoms with van der Waals surface area (Å²) in [7, 11) is 0. The second-order valence-corrected chi connectivity index (χ2v) is 6.88. The molecule has 4 amide bonds. The smallest absolute Gasteiger partial charge is 0.330 e. The molecule has 0 spiro atoms. The third-order valence-electron chi connectivity index (χ3n) is 5.03. The van der Waals surface area contributed by atoms with Gasteiger partial charge in [-0.2, -0.15) is 0 Å². The van der Waals surface area contributed by atoms with Gasteiger partial charge >= 0.3 is 5.97 Å². The topological polar surface area (TPSA) is 101 Å². The fraction of sp³-hybridized carbons (Fsp3) is 0.588. The summed E-state index contributed by atoms with van der Waals surface area (Å²) in [5.74, 6) is -2.82. The molecule has 1 atom stereocenters. The highest BCUT2D eigenvalue weighted by atomic mass is 16.7. The molecule has 25 heavy (non-hydrogen) atoms. The van der Waals surface area contributed by atoms with Crippen molar-refractivity contribution in [1.82, 2.24) is 9.96 Å². The zero-order valence-corrected chi connectivity index (χ0v) is 14.0. The van der Waals surface area contributed by atoms with Gasteiger partial charge in [0.25, 0.3) is 23.6 Å². The zero-order chi connectivity index (χ0) is 18.1. The van der Waals surface area contributed by atoms with E-state index in [0.717, 1.165) is 0 Å². The molecule has 3 aliphatic rings. The van der Waals surface area contributed by atoms with Gasteiger partial charge in [0.2, 0.25) is 0 Å². The van der Waals surface area contributed by atoms with Crippen LogP contribution in [0.4, 0.5) is 0 Å². The van der Waals surface area contributed by atoms with Gasteiger partial charge in [0.05, 0.1) is 5.92 Å². The maximum absolute atomic E-state index is 12.2. The van der Waals surface area contributed by atoms with E-state index in [2.05, 4.69) is 0 Å². The van der Waals surface area contributed by atoms with E-state index in [1.807, 2.05) is 0 Å². The van der Waals surface area contributed by atoms with Crippen LogP contribution in [0.1, 0.15) is 39.0 Å². The van der Waals surface area contributed by atoms with Crippen molar-refractivity contribution in [2.45, 2.75) is 39.0 Å². The average Bonchev–Trinajstić information content (AvgIpc) is 3.02. The highest BCUT2D eigenvalue weighted by molar-refractivity contribution is 6.12. The molecule has 1 saturated heterocycles. The molecule has 8 heteroatoms. The van der Waals surface area contributed by atoms with Crippen LogP contribution < -0.4 is 0 Å². The van der Waals surface area contributed by atoms with E-state index in [9.17, 15) is 24.0 Å². The van der Waals surface area contributed by atoms with Crippen LogP contribution in [-0.2, 0) is 28.8 Å². The van der Waals surface area contributed by atoms with Crippen molar-refractivity contribution < 1.29 is 28.8 Å². The summed E-state index contributed by atoms with van der Waals surface area (Å²) in [4.78, 5) is 65.1. The minimum Gasteiger partial charge on any atom is -0.330 e. The molecule has 0 aromatic carbocycles. The predicted molar refractivity (Wildman–Crippen MR) is 83.0 cm³/mol. The van der Waals surface area contributed by atoms with E-state index in [-0.39, 0.29) is 30.1 Å². The minimum absolute atomic E-state index is 0.0603. The van der Waals surface area contributed by atoms with E-state index in [1.165, 1.54) is 17.1 Å². The van der Waals surface area contributed by atoms with Crippen LogP contribution in [0.15, 0.2) is 12.2 Å². The standard InChI is InChI=1S/C17H20N2O6/c1-10-8-15(22)19(16(10)23)25-17(24)12-4-2-11(3-5-12)9-18-13(20)6-7-14(18)21/h6-7,10-12H,2-5,8-9H2,1H3. The summed E-state index contributed by atoms with van der Waals surface area (Å²) < 4.78 is 0. The van der Waals surface area contributed by atoms with E-state index in [0.29, 0.717) is 37.3 Å². The number of nitrogens with zero attached hydrogens (tertiary/aromatic N) is 2. The molecule has 3 rings (SSSR count). The minimum atomic E-state index is -0.566. The van der Waals surface area contributed by atoms with E-state index in [4.69, 9.17) is 4.84 Å². The summed E-state index contributed by atoms with van der Waals surface area (Å²) in [6.45, 7) is 1.97. The summed E-state index contributed by atoms with van der Waals surface area (Å²) >= 11 is 0. The van der Waals surface area contributed by atoms with Crippen LogP contribution in [0.3, 0.4) is 0 Å². The molecular formula is C17H20N2O6. The molecule has 1 saturated carbocycles. The van der Waals surface area contributed by atoms with Crippen LogP contribution in [0.2, 0.25) is 0 Å². The number of hydrogen-bond acceptors (Lipinski definition) is 6. The Morgan fingerprint density at radius 1 is 1.08 bits per heavy atom. The van der Waals surface area contributed by atoms with Gasteiger partial charge in [-0.1, -0.05) is 6.92 Å². The van der Waals surface area contributed by atoms with Crippen molar-refractivity contribution in [3.05, 3.63) is 12.2 Å². The summed E-state index contributed by atoms with van der Waals surface area (Å²) in [6, 6.07) is 0.